The number of unbranched alkanes of at least 4 members (excludes halogenated alkanes) is 28. The largest absolute Gasteiger partial charge is 0.462 e. The van der Waals surface area contributed by atoms with Gasteiger partial charge in [-0.25, -0.2) is 0 Å². The van der Waals surface area contributed by atoms with Crippen LogP contribution >= 0.6 is 0 Å². The molecule has 0 bridgehead atoms. The predicted molar refractivity (Wildman–Crippen MR) is 252 cm³/mol. The van der Waals surface area contributed by atoms with Crippen LogP contribution in [0.5, 0.6) is 0 Å². The summed E-state index contributed by atoms with van der Waals surface area (Å²) < 4.78 is 16.8. The molecule has 0 aliphatic rings. The minimum Gasteiger partial charge on any atom is -0.462 e. The first-order valence-electron chi connectivity index (χ1n) is 26.1. The smallest absolute Gasteiger partial charge is 0.306 e. The van der Waals surface area contributed by atoms with Gasteiger partial charge in [-0.05, 0) is 37.0 Å². The molecule has 0 radical (unpaired) electrons. The molecule has 0 saturated heterocycles. The number of rotatable bonds is 46. The van der Waals surface area contributed by atoms with E-state index in [1.807, 2.05) is 0 Å². The number of carbonyl (C=O) groups is 3. The van der Waals surface area contributed by atoms with Crippen molar-refractivity contribution < 1.29 is 28.6 Å². The third-order valence-electron chi connectivity index (χ3n) is 12.3. The highest BCUT2D eigenvalue weighted by molar-refractivity contribution is 5.71. The first kappa shape index (κ1) is 57.4. The average Bonchev–Trinajstić information content (AvgIpc) is 3.20. The van der Waals surface area contributed by atoms with Crippen LogP contribution < -0.4 is 0 Å². The molecule has 0 spiro atoms. The number of esters is 3. The molecule has 0 heterocycles. The van der Waals surface area contributed by atoms with Crippen molar-refractivity contribution in [3.8, 4) is 0 Å². The van der Waals surface area contributed by atoms with Gasteiger partial charge in [-0.1, -0.05) is 247 Å². The van der Waals surface area contributed by atoms with Crippen LogP contribution in [0, 0.1) is 17.8 Å². The monoisotopic (exact) mass is 835 g/mol. The van der Waals surface area contributed by atoms with E-state index >= 15 is 0 Å². The van der Waals surface area contributed by atoms with E-state index in [-0.39, 0.29) is 31.1 Å². The van der Waals surface area contributed by atoms with Crippen LogP contribution in [-0.2, 0) is 28.6 Å². The fourth-order valence-corrected chi connectivity index (χ4v) is 7.91. The standard InChI is InChI=1S/C53H102O6/c1-7-49(6)41-35-29-23-19-20-25-31-37-43-52(55)58-46-50(45-57-51(54)42-36-30-24-17-14-10-12-16-22-28-34-40-48(4)5)59-53(56)44-38-32-26-18-13-9-8-11-15-21-27-33-39-47(2)3/h47-50H,7-46H2,1-6H3/t49?,50-/m1/s1. The van der Waals surface area contributed by atoms with Crippen molar-refractivity contribution in [3.63, 3.8) is 0 Å². The third kappa shape index (κ3) is 45.8. The van der Waals surface area contributed by atoms with Crippen LogP contribution in [0.25, 0.3) is 0 Å². The molecule has 0 aliphatic carbocycles. The van der Waals surface area contributed by atoms with E-state index in [1.54, 1.807) is 0 Å². The van der Waals surface area contributed by atoms with Gasteiger partial charge in [0.2, 0.25) is 0 Å². The molecule has 0 amide bonds. The van der Waals surface area contributed by atoms with Crippen LogP contribution in [0.15, 0.2) is 0 Å². The van der Waals surface area contributed by atoms with Crippen molar-refractivity contribution in [2.75, 3.05) is 13.2 Å². The van der Waals surface area contributed by atoms with Crippen molar-refractivity contribution >= 4 is 17.9 Å². The SMILES string of the molecule is CCC(C)CCCCCCCCCCC(=O)OC[C@@H](COC(=O)CCCCCCCCCCCCCC(C)C)OC(=O)CCCCCCCCCCCCCCC(C)C. The average molecular weight is 835 g/mol. The van der Waals surface area contributed by atoms with Gasteiger partial charge in [0.1, 0.15) is 13.2 Å². The minimum absolute atomic E-state index is 0.0649. The maximum Gasteiger partial charge on any atom is 0.306 e. The van der Waals surface area contributed by atoms with E-state index < -0.39 is 6.10 Å². The van der Waals surface area contributed by atoms with Gasteiger partial charge in [-0.15, -0.1) is 0 Å². The van der Waals surface area contributed by atoms with Gasteiger partial charge in [0.05, 0.1) is 0 Å². The first-order chi connectivity index (χ1) is 28.6. The maximum atomic E-state index is 12.8. The summed E-state index contributed by atoms with van der Waals surface area (Å²) >= 11 is 0. The van der Waals surface area contributed by atoms with E-state index in [1.165, 1.54) is 167 Å². The Hall–Kier alpha value is -1.59. The molecule has 350 valence electrons. The highest BCUT2D eigenvalue weighted by atomic mass is 16.6. The van der Waals surface area contributed by atoms with Crippen molar-refractivity contribution in [2.24, 2.45) is 17.8 Å². The van der Waals surface area contributed by atoms with Gasteiger partial charge in [0.15, 0.2) is 6.10 Å². The zero-order chi connectivity index (χ0) is 43.4. The minimum atomic E-state index is -0.763. The lowest BCUT2D eigenvalue weighted by Gasteiger charge is -2.18. The molecule has 59 heavy (non-hydrogen) atoms. The zero-order valence-corrected chi connectivity index (χ0v) is 40.5. The molecule has 0 aromatic carbocycles. The molecule has 0 rings (SSSR count). The van der Waals surface area contributed by atoms with Crippen molar-refractivity contribution in [2.45, 2.75) is 292 Å². The van der Waals surface area contributed by atoms with Gasteiger partial charge >= 0.3 is 17.9 Å². The van der Waals surface area contributed by atoms with Crippen molar-refractivity contribution in [1.82, 2.24) is 0 Å². The number of carbonyl (C=O) groups excluding carboxylic acids is 3. The van der Waals surface area contributed by atoms with Crippen molar-refractivity contribution in [1.29, 1.82) is 0 Å². The van der Waals surface area contributed by atoms with E-state index in [9.17, 15) is 14.4 Å². The molecule has 0 fully saturated rings. The molecule has 2 atom stereocenters. The summed E-state index contributed by atoms with van der Waals surface area (Å²) in [6.45, 7) is 13.7. The van der Waals surface area contributed by atoms with Crippen molar-refractivity contribution in [3.05, 3.63) is 0 Å². The summed E-state index contributed by atoms with van der Waals surface area (Å²) in [6.07, 6.45) is 43.7. The lowest BCUT2D eigenvalue weighted by atomic mass is 9.99. The lowest BCUT2D eigenvalue weighted by molar-refractivity contribution is -0.167. The summed E-state index contributed by atoms with van der Waals surface area (Å²) in [5.41, 5.74) is 0. The molecule has 0 saturated carbocycles. The third-order valence-corrected chi connectivity index (χ3v) is 12.3. The Balaban J connectivity index is 4.33. The molecule has 0 N–H and O–H groups in total. The maximum absolute atomic E-state index is 12.8. The fourth-order valence-electron chi connectivity index (χ4n) is 7.91. The number of hydrogen-bond acceptors (Lipinski definition) is 6. The van der Waals surface area contributed by atoms with E-state index in [4.69, 9.17) is 14.2 Å². The Morgan fingerprint density at radius 3 is 0.881 bits per heavy atom. The van der Waals surface area contributed by atoms with E-state index in [0.29, 0.717) is 19.3 Å². The Morgan fingerprint density at radius 2 is 0.593 bits per heavy atom. The molecular weight excluding hydrogens is 733 g/mol. The van der Waals surface area contributed by atoms with Crippen LogP contribution in [0.3, 0.4) is 0 Å². The molecule has 0 aromatic heterocycles. The summed E-state index contributed by atoms with van der Waals surface area (Å²) in [5.74, 6) is 1.65. The van der Waals surface area contributed by atoms with E-state index in [2.05, 4.69) is 41.5 Å². The fraction of sp³-hybridized carbons (Fsp3) is 0.943. The summed E-state index contributed by atoms with van der Waals surface area (Å²) in [6, 6.07) is 0. The molecule has 0 aliphatic heterocycles. The second-order valence-electron chi connectivity index (χ2n) is 19.4. The normalized spacial score (nSPS) is 12.6. The van der Waals surface area contributed by atoms with Crippen LogP contribution in [0.1, 0.15) is 286 Å². The summed E-state index contributed by atoms with van der Waals surface area (Å²) in [5, 5.41) is 0. The quantitative estimate of drug-likeness (QED) is 0.0345. The Kier molecular flexibility index (Phi) is 43.3. The Morgan fingerprint density at radius 1 is 0.339 bits per heavy atom. The Bertz CT molecular complexity index is 916. The van der Waals surface area contributed by atoms with Gasteiger partial charge < -0.3 is 14.2 Å². The predicted octanol–water partition coefficient (Wildman–Crippen LogP) is 16.8. The lowest BCUT2D eigenvalue weighted by Crippen LogP contribution is -2.30. The first-order valence-corrected chi connectivity index (χ1v) is 26.1. The molecule has 6 heteroatoms. The highest BCUT2D eigenvalue weighted by Crippen LogP contribution is 2.18. The van der Waals surface area contributed by atoms with Crippen LogP contribution in [-0.4, -0.2) is 37.2 Å². The Labute approximate surface area is 368 Å². The molecular formula is C53H102O6. The van der Waals surface area contributed by atoms with Gasteiger partial charge in [-0.2, -0.15) is 0 Å². The zero-order valence-electron chi connectivity index (χ0n) is 40.5. The summed E-state index contributed by atoms with van der Waals surface area (Å²) in [4.78, 5) is 38.0. The van der Waals surface area contributed by atoms with E-state index in [0.717, 1.165) is 75.5 Å². The second-order valence-corrected chi connectivity index (χ2v) is 19.4. The van der Waals surface area contributed by atoms with Crippen LogP contribution in [0.4, 0.5) is 0 Å². The van der Waals surface area contributed by atoms with Gasteiger partial charge in [-0.3, -0.25) is 14.4 Å². The van der Waals surface area contributed by atoms with Gasteiger partial charge in [0, 0.05) is 19.3 Å². The number of hydrogen-bond donors (Lipinski definition) is 0. The molecule has 0 aromatic rings. The molecule has 1 unspecified atom stereocenters. The van der Waals surface area contributed by atoms with Gasteiger partial charge in [0.25, 0.3) is 0 Å². The van der Waals surface area contributed by atoms with Crippen LogP contribution in [0.2, 0.25) is 0 Å². The topological polar surface area (TPSA) is 78.9 Å². The second kappa shape index (κ2) is 44.5. The highest BCUT2D eigenvalue weighted by Gasteiger charge is 2.19. The molecule has 6 nitrogen and oxygen atoms in total. The number of ether oxygens (including phenoxy) is 3. The summed E-state index contributed by atoms with van der Waals surface area (Å²) in [7, 11) is 0.